The molecule has 152 valence electrons. The van der Waals surface area contributed by atoms with Gasteiger partial charge in [-0.05, 0) is 50.5 Å². The van der Waals surface area contributed by atoms with Crippen molar-refractivity contribution in [1.82, 2.24) is 15.0 Å². The molecule has 28 heavy (non-hydrogen) atoms. The molecule has 3 heterocycles. The van der Waals surface area contributed by atoms with Gasteiger partial charge in [-0.25, -0.2) is 4.98 Å². The Morgan fingerprint density at radius 2 is 2.11 bits per heavy atom. The third-order valence-electron chi connectivity index (χ3n) is 5.53. The smallest absolute Gasteiger partial charge is 0.259 e. The second-order valence-corrected chi connectivity index (χ2v) is 9.39. The molecule has 1 amide bonds. The number of rotatable bonds is 5. The first kappa shape index (κ1) is 19.4. The molecular formula is C22H31N3O3. The molecule has 1 aliphatic carbocycles. The summed E-state index contributed by atoms with van der Waals surface area (Å²) >= 11 is 0. The number of amides is 1. The van der Waals surface area contributed by atoms with E-state index in [1.54, 1.807) is 0 Å². The predicted molar refractivity (Wildman–Crippen MR) is 107 cm³/mol. The van der Waals surface area contributed by atoms with Crippen LogP contribution in [0.5, 0.6) is 0 Å². The van der Waals surface area contributed by atoms with Crippen molar-refractivity contribution in [3.63, 3.8) is 0 Å². The minimum absolute atomic E-state index is 0.0461. The summed E-state index contributed by atoms with van der Waals surface area (Å²) in [6.07, 6.45) is 5.11. The summed E-state index contributed by atoms with van der Waals surface area (Å²) in [4.78, 5) is 20.2. The van der Waals surface area contributed by atoms with Crippen molar-refractivity contribution in [2.75, 3.05) is 19.7 Å². The number of aromatic nitrogens is 2. The van der Waals surface area contributed by atoms with Crippen molar-refractivity contribution >= 4 is 17.0 Å². The van der Waals surface area contributed by atoms with E-state index in [-0.39, 0.29) is 17.4 Å². The molecule has 1 saturated carbocycles. The Balaban J connectivity index is 1.72. The van der Waals surface area contributed by atoms with Crippen LogP contribution >= 0.6 is 0 Å². The van der Waals surface area contributed by atoms with Gasteiger partial charge in [0.05, 0.1) is 22.7 Å². The van der Waals surface area contributed by atoms with Gasteiger partial charge in [-0.15, -0.1) is 0 Å². The maximum atomic E-state index is 13.5. The number of carbonyl (C=O) groups excluding carboxylic acids is 1. The summed E-state index contributed by atoms with van der Waals surface area (Å²) in [6, 6.07) is 2.00. The summed E-state index contributed by atoms with van der Waals surface area (Å²) in [7, 11) is 0. The van der Waals surface area contributed by atoms with Crippen LogP contribution in [-0.2, 0) is 11.2 Å². The first-order chi connectivity index (χ1) is 13.4. The van der Waals surface area contributed by atoms with Gasteiger partial charge in [-0.1, -0.05) is 25.9 Å². The second kappa shape index (κ2) is 7.47. The number of carbonyl (C=O) groups is 1. The molecule has 2 fully saturated rings. The molecule has 2 aliphatic rings. The average Bonchev–Trinajstić information content (AvgIpc) is 3.43. The number of ether oxygens (including phenoxy) is 1. The summed E-state index contributed by atoms with van der Waals surface area (Å²) < 4.78 is 11.4. The van der Waals surface area contributed by atoms with Crippen LogP contribution in [0.4, 0.5) is 0 Å². The number of pyridine rings is 1. The molecule has 1 saturated heterocycles. The number of hydrogen-bond acceptors (Lipinski definition) is 5. The highest BCUT2D eigenvalue weighted by Gasteiger charge is 2.32. The van der Waals surface area contributed by atoms with Crippen molar-refractivity contribution in [2.24, 2.45) is 5.41 Å². The van der Waals surface area contributed by atoms with Crippen LogP contribution in [0.15, 0.2) is 10.6 Å². The molecule has 1 atom stereocenters. The van der Waals surface area contributed by atoms with E-state index in [0.717, 1.165) is 55.4 Å². The van der Waals surface area contributed by atoms with Crippen molar-refractivity contribution in [3.05, 3.63) is 23.0 Å². The molecule has 0 spiro atoms. The molecule has 1 unspecified atom stereocenters. The third-order valence-corrected chi connectivity index (χ3v) is 5.53. The van der Waals surface area contributed by atoms with E-state index in [4.69, 9.17) is 14.2 Å². The molecule has 0 N–H and O–H groups in total. The normalized spacial score (nSPS) is 20.7. The fraction of sp³-hybridized carbons (Fsp3) is 0.682. The molecule has 0 radical (unpaired) electrons. The van der Waals surface area contributed by atoms with Gasteiger partial charge in [0.15, 0.2) is 0 Å². The van der Waals surface area contributed by atoms with Crippen molar-refractivity contribution in [3.8, 4) is 0 Å². The topological polar surface area (TPSA) is 68.5 Å². The molecule has 0 bridgehead atoms. The molecule has 0 aromatic carbocycles. The fourth-order valence-corrected chi connectivity index (χ4v) is 4.07. The Morgan fingerprint density at radius 3 is 2.79 bits per heavy atom. The van der Waals surface area contributed by atoms with Crippen LogP contribution in [0, 0.1) is 5.41 Å². The first-order valence-electron chi connectivity index (χ1n) is 10.6. The monoisotopic (exact) mass is 385 g/mol. The van der Waals surface area contributed by atoms with E-state index in [0.29, 0.717) is 30.3 Å². The lowest BCUT2D eigenvalue weighted by molar-refractivity contribution is 0.00730. The highest BCUT2D eigenvalue weighted by molar-refractivity contribution is 6.06. The lowest BCUT2D eigenvalue weighted by atomic mass is 9.89. The Kier molecular flexibility index (Phi) is 5.17. The van der Waals surface area contributed by atoms with Gasteiger partial charge in [0.25, 0.3) is 11.6 Å². The van der Waals surface area contributed by atoms with Crippen molar-refractivity contribution in [2.45, 2.75) is 71.8 Å². The van der Waals surface area contributed by atoms with Crippen LogP contribution in [-0.4, -0.2) is 46.7 Å². The average molecular weight is 386 g/mol. The second-order valence-electron chi connectivity index (χ2n) is 9.39. The lowest BCUT2D eigenvalue weighted by Gasteiger charge is -2.32. The third kappa shape index (κ3) is 4.07. The van der Waals surface area contributed by atoms with E-state index >= 15 is 0 Å². The van der Waals surface area contributed by atoms with Crippen LogP contribution in [0.25, 0.3) is 11.1 Å². The van der Waals surface area contributed by atoms with E-state index < -0.39 is 0 Å². The summed E-state index contributed by atoms with van der Waals surface area (Å²) in [5.41, 5.74) is 3.05. The zero-order chi connectivity index (χ0) is 19.9. The molecule has 1 aliphatic heterocycles. The van der Waals surface area contributed by atoms with E-state index in [1.807, 2.05) is 17.9 Å². The number of piperidine rings is 1. The van der Waals surface area contributed by atoms with Gasteiger partial charge < -0.3 is 14.2 Å². The van der Waals surface area contributed by atoms with Crippen molar-refractivity contribution in [1.29, 1.82) is 0 Å². The van der Waals surface area contributed by atoms with Crippen molar-refractivity contribution < 1.29 is 14.1 Å². The minimum Gasteiger partial charge on any atom is -0.377 e. The summed E-state index contributed by atoms with van der Waals surface area (Å²) in [5, 5.41) is 5.10. The molecule has 2 aromatic rings. The maximum Gasteiger partial charge on any atom is 0.259 e. The molecule has 2 aromatic heterocycles. The van der Waals surface area contributed by atoms with Crippen LogP contribution < -0.4 is 0 Å². The van der Waals surface area contributed by atoms with Gasteiger partial charge in [-0.3, -0.25) is 4.79 Å². The Morgan fingerprint density at radius 1 is 1.32 bits per heavy atom. The largest absolute Gasteiger partial charge is 0.377 e. The molecule has 6 heteroatoms. The predicted octanol–water partition coefficient (Wildman–Crippen LogP) is 4.33. The van der Waals surface area contributed by atoms with Gasteiger partial charge in [0.2, 0.25) is 0 Å². The number of nitrogens with zero attached hydrogens (tertiary/aromatic N) is 3. The van der Waals surface area contributed by atoms with Crippen LogP contribution in [0.2, 0.25) is 0 Å². The fourth-order valence-electron chi connectivity index (χ4n) is 4.07. The highest BCUT2D eigenvalue weighted by Crippen LogP contribution is 2.41. The molecule has 4 rings (SSSR count). The number of fused-ring (bicyclic) bond motifs is 1. The zero-order valence-corrected chi connectivity index (χ0v) is 17.5. The van der Waals surface area contributed by atoms with E-state index in [2.05, 4.69) is 25.9 Å². The van der Waals surface area contributed by atoms with Crippen LogP contribution in [0.1, 0.15) is 81.0 Å². The SMILES string of the molecule is CCOC1CCCN(C(=O)c2cc(C3CC3)nc3onc(CC(C)(C)C)c23)C1. The Bertz CT molecular complexity index is 862. The van der Waals surface area contributed by atoms with Crippen LogP contribution in [0.3, 0.4) is 0 Å². The maximum absolute atomic E-state index is 13.5. The van der Waals surface area contributed by atoms with Gasteiger partial charge >= 0.3 is 0 Å². The standard InChI is InChI=1S/C22H31N3O3/c1-5-27-15-7-6-10-25(13-15)21(26)16-11-17(14-8-9-14)23-20-19(16)18(24-28-20)12-22(2,3)4/h11,14-15H,5-10,12-13H2,1-4H3. The first-order valence-corrected chi connectivity index (χ1v) is 10.6. The molecule has 6 nitrogen and oxygen atoms in total. The number of likely N-dealkylation sites (tertiary alicyclic amines) is 1. The Hall–Kier alpha value is -1.95. The highest BCUT2D eigenvalue weighted by atomic mass is 16.5. The summed E-state index contributed by atoms with van der Waals surface area (Å²) in [6.45, 7) is 10.6. The van der Waals surface area contributed by atoms with Gasteiger partial charge in [0, 0.05) is 31.3 Å². The van der Waals surface area contributed by atoms with E-state index in [1.165, 1.54) is 0 Å². The minimum atomic E-state index is 0.0461. The van der Waals surface area contributed by atoms with Gasteiger partial charge in [-0.2, -0.15) is 0 Å². The zero-order valence-electron chi connectivity index (χ0n) is 17.5. The molecular weight excluding hydrogens is 354 g/mol. The summed E-state index contributed by atoms with van der Waals surface area (Å²) in [5.74, 6) is 0.502. The Labute approximate surface area is 166 Å². The number of hydrogen-bond donors (Lipinski definition) is 0. The quantitative estimate of drug-likeness (QED) is 0.766. The lowest BCUT2D eigenvalue weighted by Crippen LogP contribution is -2.43. The van der Waals surface area contributed by atoms with E-state index in [9.17, 15) is 4.79 Å². The van der Waals surface area contributed by atoms with Gasteiger partial charge in [0.1, 0.15) is 0 Å².